The Labute approximate surface area is 98.4 Å². The summed E-state index contributed by atoms with van der Waals surface area (Å²) in [6, 6.07) is 5.33. The quantitative estimate of drug-likeness (QED) is 0.798. The first-order valence-electron chi connectivity index (χ1n) is 5.03. The highest BCUT2D eigenvalue weighted by atomic mass is 32.2. The van der Waals surface area contributed by atoms with Gasteiger partial charge in [-0.25, -0.2) is 0 Å². The van der Waals surface area contributed by atoms with Crippen LogP contribution in [-0.4, -0.2) is 30.4 Å². The van der Waals surface area contributed by atoms with Crippen molar-refractivity contribution in [1.29, 1.82) is 0 Å². The van der Waals surface area contributed by atoms with Gasteiger partial charge in [0.1, 0.15) is 0 Å². The lowest BCUT2D eigenvalue weighted by Gasteiger charge is -2.26. The van der Waals surface area contributed by atoms with E-state index in [4.69, 9.17) is 10.8 Å². The predicted molar refractivity (Wildman–Crippen MR) is 64.6 cm³/mol. The first-order valence-corrected chi connectivity index (χ1v) is 6.02. The van der Waals surface area contributed by atoms with Crippen molar-refractivity contribution in [1.82, 2.24) is 0 Å². The van der Waals surface area contributed by atoms with Gasteiger partial charge in [-0.2, -0.15) is 0 Å². The number of carbonyl (C=O) groups is 1. The number of hydrogen-bond donors (Lipinski definition) is 2. The van der Waals surface area contributed by atoms with Crippen molar-refractivity contribution in [2.45, 2.75) is 10.9 Å². The summed E-state index contributed by atoms with van der Waals surface area (Å²) in [7, 11) is 1.77. The van der Waals surface area contributed by atoms with Crippen LogP contribution >= 0.6 is 11.8 Å². The summed E-state index contributed by atoms with van der Waals surface area (Å²) < 4.78 is 0. The van der Waals surface area contributed by atoms with E-state index in [0.717, 1.165) is 16.1 Å². The summed E-state index contributed by atoms with van der Waals surface area (Å²) in [5.41, 5.74) is 7.56. The molecule has 86 valence electrons. The van der Waals surface area contributed by atoms with Gasteiger partial charge in [0.15, 0.2) is 0 Å². The Morgan fingerprint density at radius 3 is 3.06 bits per heavy atom. The van der Waals surface area contributed by atoms with E-state index in [-0.39, 0.29) is 18.6 Å². The van der Waals surface area contributed by atoms with E-state index in [1.54, 1.807) is 11.9 Å². The first-order chi connectivity index (χ1) is 7.63. The number of anilines is 1. The largest absolute Gasteiger partial charge is 0.394 e. The number of aliphatic hydroxyl groups is 1. The second-order valence-corrected chi connectivity index (χ2v) is 4.77. The molecule has 1 aromatic rings. The van der Waals surface area contributed by atoms with Crippen LogP contribution in [0.1, 0.15) is 11.6 Å². The van der Waals surface area contributed by atoms with Gasteiger partial charge in [0.05, 0.1) is 24.1 Å². The molecule has 1 heterocycles. The Morgan fingerprint density at radius 1 is 1.62 bits per heavy atom. The lowest BCUT2D eigenvalue weighted by atomic mass is 10.1. The molecule has 4 nitrogen and oxygen atoms in total. The van der Waals surface area contributed by atoms with E-state index >= 15 is 0 Å². The second kappa shape index (κ2) is 4.45. The molecule has 0 radical (unpaired) electrons. The van der Waals surface area contributed by atoms with Crippen LogP contribution in [0.4, 0.5) is 5.69 Å². The third-order valence-corrected chi connectivity index (χ3v) is 3.72. The smallest absolute Gasteiger partial charge is 0.237 e. The molecule has 5 heteroatoms. The van der Waals surface area contributed by atoms with Gasteiger partial charge in [0.25, 0.3) is 0 Å². The van der Waals surface area contributed by atoms with E-state index in [1.165, 1.54) is 11.8 Å². The molecule has 0 saturated heterocycles. The molecule has 3 N–H and O–H groups in total. The number of nitrogens with zero attached hydrogens (tertiary/aromatic N) is 1. The zero-order valence-electron chi connectivity index (χ0n) is 9.01. The molecule has 1 atom stereocenters. The van der Waals surface area contributed by atoms with Gasteiger partial charge in [0.2, 0.25) is 5.91 Å². The fourth-order valence-electron chi connectivity index (χ4n) is 1.63. The van der Waals surface area contributed by atoms with Crippen molar-refractivity contribution >= 4 is 23.4 Å². The van der Waals surface area contributed by atoms with Crippen LogP contribution in [0.5, 0.6) is 0 Å². The summed E-state index contributed by atoms with van der Waals surface area (Å²) in [6.07, 6.45) is 0. The van der Waals surface area contributed by atoms with Crippen LogP contribution in [0.25, 0.3) is 0 Å². The normalized spacial score (nSPS) is 17.2. The molecule has 1 unspecified atom stereocenters. The molecule has 1 aliphatic rings. The molecule has 0 fully saturated rings. The predicted octanol–water partition coefficient (Wildman–Crippen LogP) is 0.747. The van der Waals surface area contributed by atoms with Gasteiger partial charge in [-0.1, -0.05) is 6.07 Å². The minimum absolute atomic E-state index is 0.0712. The van der Waals surface area contributed by atoms with Gasteiger partial charge in [-0.3, -0.25) is 4.79 Å². The maximum Gasteiger partial charge on any atom is 0.237 e. The van der Waals surface area contributed by atoms with Gasteiger partial charge < -0.3 is 15.7 Å². The third kappa shape index (κ3) is 1.93. The number of carbonyl (C=O) groups excluding carboxylic acids is 1. The number of benzene rings is 1. The standard InChI is InChI=1S/C11H14N2O2S/c1-13-9-3-2-7(8(12)5-14)4-10(9)16-6-11(13)15/h2-4,8,14H,5-6,12H2,1H3. The number of rotatable bonds is 2. The SMILES string of the molecule is CN1C(=O)CSc2cc(C(N)CO)ccc21. The van der Waals surface area contributed by atoms with Crippen molar-refractivity contribution in [2.75, 3.05) is 24.3 Å². The summed E-state index contributed by atoms with van der Waals surface area (Å²) >= 11 is 1.51. The highest BCUT2D eigenvalue weighted by molar-refractivity contribution is 8.00. The average molecular weight is 238 g/mol. The molecule has 16 heavy (non-hydrogen) atoms. The molecule has 0 bridgehead atoms. The lowest BCUT2D eigenvalue weighted by Crippen LogP contribution is -2.31. The van der Waals surface area contributed by atoms with Crippen molar-refractivity contribution in [3.05, 3.63) is 23.8 Å². The topological polar surface area (TPSA) is 66.6 Å². The fraction of sp³-hybridized carbons (Fsp3) is 0.364. The number of hydrogen-bond acceptors (Lipinski definition) is 4. The molecule has 0 aromatic heterocycles. The highest BCUT2D eigenvalue weighted by Gasteiger charge is 2.22. The van der Waals surface area contributed by atoms with Crippen molar-refractivity contribution in [3.8, 4) is 0 Å². The Balaban J connectivity index is 2.37. The van der Waals surface area contributed by atoms with Gasteiger partial charge in [-0.15, -0.1) is 11.8 Å². The summed E-state index contributed by atoms with van der Waals surface area (Å²) in [4.78, 5) is 14.2. The number of nitrogens with two attached hydrogens (primary N) is 1. The van der Waals surface area contributed by atoms with E-state index in [2.05, 4.69) is 0 Å². The average Bonchev–Trinajstić information content (AvgIpc) is 2.32. The molecule has 0 aliphatic carbocycles. The summed E-state index contributed by atoms with van der Waals surface area (Å²) in [6.45, 7) is -0.0712. The minimum Gasteiger partial charge on any atom is -0.394 e. The molecule has 1 amide bonds. The van der Waals surface area contributed by atoms with Crippen LogP contribution in [0.2, 0.25) is 0 Å². The van der Waals surface area contributed by atoms with Gasteiger partial charge >= 0.3 is 0 Å². The Bertz CT molecular complexity index is 422. The number of amides is 1. The molecule has 0 spiro atoms. The number of fused-ring (bicyclic) bond motifs is 1. The maximum atomic E-state index is 11.5. The summed E-state index contributed by atoms with van der Waals surface area (Å²) in [5, 5.41) is 8.99. The van der Waals surface area contributed by atoms with Crippen LogP contribution in [-0.2, 0) is 4.79 Å². The van der Waals surface area contributed by atoms with Crippen molar-refractivity contribution in [2.24, 2.45) is 5.73 Å². The molecular weight excluding hydrogens is 224 g/mol. The molecule has 1 aromatic carbocycles. The van der Waals surface area contributed by atoms with Gasteiger partial charge in [-0.05, 0) is 17.7 Å². The lowest BCUT2D eigenvalue weighted by molar-refractivity contribution is -0.116. The van der Waals surface area contributed by atoms with E-state index in [1.807, 2.05) is 18.2 Å². The van der Waals surface area contributed by atoms with Crippen LogP contribution in [0.3, 0.4) is 0 Å². The zero-order chi connectivity index (χ0) is 11.7. The Kier molecular flexibility index (Phi) is 3.18. The summed E-state index contributed by atoms with van der Waals surface area (Å²) in [5.74, 6) is 0.568. The second-order valence-electron chi connectivity index (χ2n) is 3.76. The molecular formula is C11H14N2O2S. The molecule has 2 rings (SSSR count). The van der Waals surface area contributed by atoms with Crippen molar-refractivity contribution in [3.63, 3.8) is 0 Å². The Hall–Kier alpha value is -1.04. The number of aliphatic hydroxyl groups excluding tert-OH is 1. The maximum absolute atomic E-state index is 11.5. The van der Waals surface area contributed by atoms with Gasteiger partial charge in [0, 0.05) is 11.9 Å². The monoisotopic (exact) mass is 238 g/mol. The minimum atomic E-state index is -0.353. The van der Waals surface area contributed by atoms with E-state index in [0.29, 0.717) is 5.75 Å². The van der Waals surface area contributed by atoms with Crippen molar-refractivity contribution < 1.29 is 9.90 Å². The Morgan fingerprint density at radius 2 is 2.38 bits per heavy atom. The van der Waals surface area contributed by atoms with E-state index < -0.39 is 0 Å². The molecule has 0 saturated carbocycles. The highest BCUT2D eigenvalue weighted by Crippen LogP contribution is 2.35. The van der Waals surface area contributed by atoms with E-state index in [9.17, 15) is 4.79 Å². The first kappa shape index (κ1) is 11.4. The van der Waals surface area contributed by atoms with Crippen LogP contribution in [0.15, 0.2) is 23.1 Å². The zero-order valence-corrected chi connectivity index (χ0v) is 9.83. The van der Waals surface area contributed by atoms with Crippen LogP contribution in [0, 0.1) is 0 Å². The van der Waals surface area contributed by atoms with Crippen LogP contribution < -0.4 is 10.6 Å². The number of thioether (sulfide) groups is 1. The molecule has 1 aliphatic heterocycles. The third-order valence-electron chi connectivity index (χ3n) is 2.70. The fourth-order valence-corrected chi connectivity index (χ4v) is 2.68.